The third-order valence-electron chi connectivity index (χ3n) is 4.93. The number of hydrogen-bond donors (Lipinski definition) is 1. The fourth-order valence-corrected chi connectivity index (χ4v) is 3.59. The van der Waals surface area contributed by atoms with Gasteiger partial charge in [0.15, 0.2) is 5.69 Å². The van der Waals surface area contributed by atoms with Crippen LogP contribution < -0.4 is 5.73 Å². The maximum atomic E-state index is 12.4. The molecular weight excluding hydrogens is 278 g/mol. The fraction of sp³-hybridized carbons (Fsp3) is 0.714. The highest BCUT2D eigenvalue weighted by molar-refractivity contribution is 5.92. The molecule has 3 unspecified atom stereocenters. The Balaban J connectivity index is 0.00000121. The number of aromatic nitrogens is 1. The Labute approximate surface area is 124 Å². The van der Waals surface area contributed by atoms with E-state index in [1.807, 2.05) is 11.0 Å². The Hall–Kier alpha value is -1.07. The van der Waals surface area contributed by atoms with Crippen molar-refractivity contribution in [1.82, 2.24) is 10.1 Å². The minimum absolute atomic E-state index is 0. The average Bonchev–Trinajstić information content (AvgIpc) is 2.88. The summed E-state index contributed by atoms with van der Waals surface area (Å²) < 4.78 is 5.26. The van der Waals surface area contributed by atoms with Crippen molar-refractivity contribution in [2.75, 3.05) is 13.1 Å². The number of hydrogen-bond acceptors (Lipinski definition) is 4. The summed E-state index contributed by atoms with van der Waals surface area (Å²) in [7, 11) is 0. The predicted octanol–water partition coefficient (Wildman–Crippen LogP) is 1.78. The van der Waals surface area contributed by atoms with Crippen LogP contribution in [0.1, 0.15) is 47.8 Å². The Bertz CT molecular complexity index is 514. The molecule has 5 nitrogen and oxygen atoms in total. The molecule has 2 heterocycles. The lowest BCUT2D eigenvalue weighted by molar-refractivity contribution is 0.0769. The smallest absolute Gasteiger partial charge is 0.276 e. The lowest BCUT2D eigenvalue weighted by atomic mass is 9.98. The van der Waals surface area contributed by atoms with E-state index in [2.05, 4.69) is 5.16 Å². The molecule has 110 valence electrons. The molecule has 1 aliphatic heterocycles. The van der Waals surface area contributed by atoms with Crippen molar-refractivity contribution < 1.29 is 9.32 Å². The monoisotopic (exact) mass is 297 g/mol. The lowest BCUT2D eigenvalue weighted by Crippen LogP contribution is -2.33. The number of rotatable bonds is 2. The van der Waals surface area contributed by atoms with Gasteiger partial charge in [0.05, 0.1) is 0 Å². The van der Waals surface area contributed by atoms with E-state index in [1.165, 1.54) is 0 Å². The zero-order chi connectivity index (χ0) is 13.0. The minimum atomic E-state index is 0. The molecule has 2 saturated carbocycles. The highest BCUT2D eigenvalue weighted by Gasteiger charge is 2.43. The van der Waals surface area contributed by atoms with E-state index in [1.54, 1.807) is 0 Å². The van der Waals surface area contributed by atoms with Crippen molar-refractivity contribution in [3.05, 3.63) is 17.5 Å². The van der Waals surface area contributed by atoms with Crippen LogP contribution in [0, 0.1) is 11.8 Å². The summed E-state index contributed by atoms with van der Waals surface area (Å²) in [5.41, 5.74) is 6.57. The third kappa shape index (κ3) is 2.23. The van der Waals surface area contributed by atoms with Crippen LogP contribution in [0.2, 0.25) is 0 Å². The first-order valence-corrected chi connectivity index (χ1v) is 7.24. The molecule has 4 rings (SSSR count). The summed E-state index contributed by atoms with van der Waals surface area (Å²) in [6.07, 6.45) is 4.58. The van der Waals surface area contributed by atoms with Gasteiger partial charge in [0.1, 0.15) is 5.76 Å². The van der Waals surface area contributed by atoms with Crippen LogP contribution in [0.4, 0.5) is 0 Å². The molecule has 3 atom stereocenters. The number of likely N-dealkylation sites (tertiary alicyclic amines) is 1. The van der Waals surface area contributed by atoms with Crippen LogP contribution in [0.15, 0.2) is 10.6 Å². The highest BCUT2D eigenvalue weighted by atomic mass is 35.5. The summed E-state index contributed by atoms with van der Waals surface area (Å²) in [5.74, 6) is 2.46. The van der Waals surface area contributed by atoms with Gasteiger partial charge in [0, 0.05) is 31.1 Å². The van der Waals surface area contributed by atoms with Crippen LogP contribution in [0.25, 0.3) is 0 Å². The largest absolute Gasteiger partial charge is 0.360 e. The molecule has 2 N–H and O–H groups in total. The first-order valence-electron chi connectivity index (χ1n) is 7.24. The SMILES string of the molecule is Cl.NC1CCC2CN(C(=O)c3cc(C4CC4)on3)CC12. The fourth-order valence-electron chi connectivity index (χ4n) is 3.59. The zero-order valence-corrected chi connectivity index (χ0v) is 12.1. The number of nitrogens with zero attached hydrogens (tertiary/aromatic N) is 2. The van der Waals surface area contributed by atoms with Crippen LogP contribution in [0.5, 0.6) is 0 Å². The quantitative estimate of drug-likeness (QED) is 0.903. The van der Waals surface area contributed by atoms with Gasteiger partial charge in [-0.15, -0.1) is 12.4 Å². The van der Waals surface area contributed by atoms with Crippen LogP contribution in [-0.2, 0) is 0 Å². The minimum Gasteiger partial charge on any atom is -0.360 e. The molecule has 1 saturated heterocycles. The number of fused-ring (bicyclic) bond motifs is 1. The van der Waals surface area contributed by atoms with E-state index in [4.69, 9.17) is 10.3 Å². The van der Waals surface area contributed by atoms with Crippen molar-refractivity contribution in [2.45, 2.75) is 37.6 Å². The van der Waals surface area contributed by atoms with Gasteiger partial charge >= 0.3 is 0 Å². The van der Waals surface area contributed by atoms with Crippen molar-refractivity contribution in [3.63, 3.8) is 0 Å². The van der Waals surface area contributed by atoms with Crippen molar-refractivity contribution in [1.29, 1.82) is 0 Å². The van der Waals surface area contributed by atoms with Gasteiger partial charge in [0.25, 0.3) is 5.91 Å². The average molecular weight is 298 g/mol. The van der Waals surface area contributed by atoms with Gasteiger partial charge < -0.3 is 15.2 Å². The maximum Gasteiger partial charge on any atom is 0.276 e. The first-order chi connectivity index (χ1) is 9.22. The van der Waals surface area contributed by atoms with Gasteiger partial charge in [-0.1, -0.05) is 5.16 Å². The molecule has 0 aromatic carbocycles. The van der Waals surface area contributed by atoms with E-state index >= 15 is 0 Å². The molecular formula is C14H20ClN3O2. The van der Waals surface area contributed by atoms with Crippen LogP contribution in [0.3, 0.4) is 0 Å². The standard InChI is InChI=1S/C14H19N3O2.ClH/c15-11-4-3-9-6-17(7-10(9)11)14(18)12-5-13(19-16-12)8-1-2-8;/h5,8-11H,1-4,6-7,15H2;1H. The second-order valence-electron chi connectivity index (χ2n) is 6.26. The Kier molecular flexibility index (Phi) is 3.50. The van der Waals surface area contributed by atoms with E-state index < -0.39 is 0 Å². The summed E-state index contributed by atoms with van der Waals surface area (Å²) >= 11 is 0. The first kappa shape index (κ1) is 13.9. The third-order valence-corrected chi connectivity index (χ3v) is 4.93. The second-order valence-corrected chi connectivity index (χ2v) is 6.26. The Morgan fingerprint density at radius 1 is 1.30 bits per heavy atom. The van der Waals surface area contributed by atoms with Crippen LogP contribution in [-0.4, -0.2) is 35.1 Å². The topological polar surface area (TPSA) is 72.4 Å². The summed E-state index contributed by atoms with van der Waals surface area (Å²) in [4.78, 5) is 14.3. The second kappa shape index (κ2) is 5.04. The van der Waals surface area contributed by atoms with Gasteiger partial charge in [-0.2, -0.15) is 0 Å². The van der Waals surface area contributed by atoms with E-state index in [0.29, 0.717) is 23.4 Å². The van der Waals surface area contributed by atoms with Gasteiger partial charge in [-0.05, 0) is 37.5 Å². The Morgan fingerprint density at radius 3 is 2.80 bits per heavy atom. The van der Waals surface area contributed by atoms with Crippen LogP contribution >= 0.6 is 12.4 Å². The molecule has 6 heteroatoms. The lowest BCUT2D eigenvalue weighted by Gasteiger charge is -2.17. The molecule has 3 aliphatic rings. The molecule has 20 heavy (non-hydrogen) atoms. The number of nitrogens with two attached hydrogens (primary N) is 1. The molecule has 2 aliphatic carbocycles. The maximum absolute atomic E-state index is 12.4. The molecule has 3 fully saturated rings. The Morgan fingerprint density at radius 2 is 2.10 bits per heavy atom. The van der Waals surface area contributed by atoms with E-state index in [-0.39, 0.29) is 24.4 Å². The van der Waals surface area contributed by atoms with Gasteiger partial charge in [0.2, 0.25) is 0 Å². The summed E-state index contributed by atoms with van der Waals surface area (Å²) in [5, 5.41) is 3.94. The molecule has 1 aromatic heterocycles. The number of halogens is 1. The zero-order valence-electron chi connectivity index (χ0n) is 11.3. The highest BCUT2D eigenvalue weighted by Crippen LogP contribution is 2.41. The number of carbonyl (C=O) groups is 1. The van der Waals surface area contributed by atoms with Crippen molar-refractivity contribution in [2.24, 2.45) is 17.6 Å². The number of amides is 1. The molecule has 0 spiro atoms. The summed E-state index contributed by atoms with van der Waals surface area (Å²) in [6.45, 7) is 1.62. The predicted molar refractivity (Wildman–Crippen MR) is 75.8 cm³/mol. The molecule has 1 aromatic rings. The van der Waals surface area contributed by atoms with E-state index in [9.17, 15) is 4.79 Å². The summed E-state index contributed by atoms with van der Waals surface area (Å²) in [6, 6.07) is 2.09. The molecule has 1 amide bonds. The van der Waals surface area contributed by atoms with E-state index in [0.717, 1.165) is 44.5 Å². The van der Waals surface area contributed by atoms with Crippen molar-refractivity contribution >= 4 is 18.3 Å². The molecule has 0 bridgehead atoms. The van der Waals surface area contributed by atoms with Gasteiger partial charge in [-0.25, -0.2) is 0 Å². The normalized spacial score (nSPS) is 32.0. The number of carbonyl (C=O) groups excluding carboxylic acids is 1. The molecule has 0 radical (unpaired) electrons. The van der Waals surface area contributed by atoms with Crippen molar-refractivity contribution in [3.8, 4) is 0 Å². The van der Waals surface area contributed by atoms with Gasteiger partial charge in [-0.3, -0.25) is 4.79 Å².